The Balaban J connectivity index is 0.000000514. The molecule has 0 atom stereocenters. The molecule has 2 aromatic carbocycles. The van der Waals surface area contributed by atoms with Crippen LogP contribution in [-0.4, -0.2) is 13.7 Å². The monoisotopic (exact) mass is 227 g/mol. The standard InChI is InChI=1S/C14H12O.CH5N/c1-2-4-11(5-3-1)12-6-7-14-13(10-12)8-9-15-14;1-2/h1-7,10H,8-9H2;2H2,1H3. The number of hydrogen-bond acceptors (Lipinski definition) is 2. The lowest BCUT2D eigenvalue weighted by Crippen LogP contribution is -1.85. The molecular formula is C15H17NO. The molecule has 2 N–H and O–H groups in total. The van der Waals surface area contributed by atoms with E-state index in [-0.39, 0.29) is 0 Å². The van der Waals surface area contributed by atoms with Crippen molar-refractivity contribution in [3.05, 3.63) is 54.1 Å². The average Bonchev–Trinajstić information content (AvgIpc) is 2.89. The first-order chi connectivity index (χ1) is 8.43. The van der Waals surface area contributed by atoms with E-state index in [1.54, 1.807) is 0 Å². The molecule has 1 aliphatic heterocycles. The molecule has 0 spiro atoms. The van der Waals surface area contributed by atoms with E-state index >= 15 is 0 Å². The SMILES string of the molecule is CN.c1ccc(-c2ccc3c(c2)CCO3)cc1. The minimum atomic E-state index is 0.827. The lowest BCUT2D eigenvalue weighted by molar-refractivity contribution is 0.357. The smallest absolute Gasteiger partial charge is 0.122 e. The number of nitrogens with two attached hydrogens (primary N) is 1. The molecular weight excluding hydrogens is 210 g/mol. The van der Waals surface area contributed by atoms with Gasteiger partial charge < -0.3 is 10.5 Å². The molecule has 2 nitrogen and oxygen atoms in total. The van der Waals surface area contributed by atoms with E-state index in [1.807, 2.05) is 6.07 Å². The van der Waals surface area contributed by atoms with E-state index in [9.17, 15) is 0 Å². The first kappa shape index (κ1) is 11.7. The van der Waals surface area contributed by atoms with Crippen LogP contribution in [0.15, 0.2) is 48.5 Å². The van der Waals surface area contributed by atoms with Crippen LogP contribution in [-0.2, 0) is 6.42 Å². The highest BCUT2D eigenvalue weighted by molar-refractivity contribution is 5.65. The molecule has 0 saturated carbocycles. The van der Waals surface area contributed by atoms with Gasteiger partial charge in [0.05, 0.1) is 6.61 Å². The second kappa shape index (κ2) is 5.51. The fraction of sp³-hybridized carbons (Fsp3) is 0.200. The van der Waals surface area contributed by atoms with E-state index in [4.69, 9.17) is 4.74 Å². The number of ether oxygens (including phenoxy) is 1. The second-order valence-electron chi connectivity index (χ2n) is 3.79. The summed E-state index contributed by atoms with van der Waals surface area (Å²) in [6, 6.07) is 16.9. The molecule has 17 heavy (non-hydrogen) atoms. The summed E-state index contributed by atoms with van der Waals surface area (Å²) in [7, 11) is 1.50. The molecule has 0 amide bonds. The molecule has 88 valence electrons. The summed E-state index contributed by atoms with van der Waals surface area (Å²) in [6.45, 7) is 0.827. The lowest BCUT2D eigenvalue weighted by atomic mass is 10.0. The summed E-state index contributed by atoms with van der Waals surface area (Å²) in [4.78, 5) is 0. The topological polar surface area (TPSA) is 35.2 Å². The Bertz CT molecular complexity index is 480. The van der Waals surface area contributed by atoms with Crippen molar-refractivity contribution in [1.29, 1.82) is 0 Å². The predicted octanol–water partition coefficient (Wildman–Crippen LogP) is 2.86. The molecule has 0 unspecified atom stereocenters. The molecule has 0 aliphatic carbocycles. The zero-order chi connectivity index (χ0) is 12.1. The van der Waals surface area contributed by atoms with Gasteiger partial charge in [0.2, 0.25) is 0 Å². The van der Waals surface area contributed by atoms with Gasteiger partial charge in [-0.3, -0.25) is 0 Å². The van der Waals surface area contributed by atoms with Crippen LogP contribution in [0.3, 0.4) is 0 Å². The minimum Gasteiger partial charge on any atom is -0.493 e. The van der Waals surface area contributed by atoms with Crippen LogP contribution >= 0.6 is 0 Å². The van der Waals surface area contributed by atoms with Gasteiger partial charge >= 0.3 is 0 Å². The molecule has 2 aromatic rings. The van der Waals surface area contributed by atoms with E-state index in [0.29, 0.717) is 0 Å². The van der Waals surface area contributed by atoms with Crippen molar-refractivity contribution in [1.82, 2.24) is 0 Å². The summed E-state index contributed by atoms with van der Waals surface area (Å²) < 4.78 is 5.49. The van der Waals surface area contributed by atoms with E-state index in [2.05, 4.69) is 48.2 Å². The molecule has 0 radical (unpaired) electrons. The Morgan fingerprint density at radius 1 is 0.941 bits per heavy atom. The van der Waals surface area contributed by atoms with Crippen LogP contribution in [0.25, 0.3) is 11.1 Å². The van der Waals surface area contributed by atoms with Crippen LogP contribution in [0.5, 0.6) is 5.75 Å². The number of fused-ring (bicyclic) bond motifs is 1. The Labute approximate surface area is 102 Å². The quantitative estimate of drug-likeness (QED) is 0.813. The van der Waals surface area contributed by atoms with Crippen LogP contribution in [0.1, 0.15) is 5.56 Å². The van der Waals surface area contributed by atoms with Gasteiger partial charge in [-0.1, -0.05) is 36.4 Å². The molecule has 0 fully saturated rings. The second-order valence-corrected chi connectivity index (χ2v) is 3.79. The van der Waals surface area contributed by atoms with E-state index < -0.39 is 0 Å². The normalized spacial score (nSPS) is 12.1. The van der Waals surface area contributed by atoms with Crippen LogP contribution in [0.2, 0.25) is 0 Å². The highest BCUT2D eigenvalue weighted by Gasteiger charge is 2.12. The van der Waals surface area contributed by atoms with Crippen molar-refractivity contribution in [2.24, 2.45) is 5.73 Å². The summed E-state index contributed by atoms with van der Waals surface area (Å²) in [5.74, 6) is 1.05. The summed E-state index contributed by atoms with van der Waals surface area (Å²) in [6.07, 6.45) is 1.04. The Hall–Kier alpha value is -1.80. The maximum Gasteiger partial charge on any atom is 0.122 e. The number of hydrogen-bond donors (Lipinski definition) is 1. The lowest BCUT2D eigenvalue weighted by Gasteiger charge is -2.03. The third-order valence-corrected chi connectivity index (χ3v) is 2.80. The summed E-state index contributed by atoms with van der Waals surface area (Å²) in [5, 5.41) is 0. The van der Waals surface area contributed by atoms with Crippen molar-refractivity contribution < 1.29 is 4.74 Å². The highest BCUT2D eigenvalue weighted by atomic mass is 16.5. The molecule has 0 bridgehead atoms. The zero-order valence-corrected chi connectivity index (χ0v) is 10.0. The first-order valence-electron chi connectivity index (χ1n) is 5.82. The maximum absolute atomic E-state index is 5.49. The summed E-state index contributed by atoms with van der Waals surface area (Å²) in [5.41, 5.74) is 8.38. The first-order valence-corrected chi connectivity index (χ1v) is 5.82. The van der Waals surface area contributed by atoms with Crippen LogP contribution < -0.4 is 10.5 Å². The highest BCUT2D eigenvalue weighted by Crippen LogP contribution is 2.30. The minimum absolute atomic E-state index is 0.827. The van der Waals surface area contributed by atoms with Gasteiger partial charge in [-0.2, -0.15) is 0 Å². The van der Waals surface area contributed by atoms with Crippen LogP contribution in [0.4, 0.5) is 0 Å². The van der Waals surface area contributed by atoms with Gasteiger partial charge in [-0.25, -0.2) is 0 Å². The van der Waals surface area contributed by atoms with Gasteiger partial charge in [-0.15, -0.1) is 0 Å². The molecule has 0 aromatic heterocycles. The predicted molar refractivity (Wildman–Crippen MR) is 71.2 cm³/mol. The van der Waals surface area contributed by atoms with Gasteiger partial charge in [0.25, 0.3) is 0 Å². The zero-order valence-electron chi connectivity index (χ0n) is 10.0. The van der Waals surface area contributed by atoms with Gasteiger partial charge in [0.15, 0.2) is 0 Å². The van der Waals surface area contributed by atoms with Crippen molar-refractivity contribution in [2.45, 2.75) is 6.42 Å². The van der Waals surface area contributed by atoms with Gasteiger partial charge in [0.1, 0.15) is 5.75 Å². The van der Waals surface area contributed by atoms with Crippen LogP contribution in [0, 0.1) is 0 Å². The third kappa shape index (κ3) is 2.48. The fourth-order valence-corrected chi connectivity index (χ4v) is 2.00. The molecule has 1 heterocycles. The maximum atomic E-state index is 5.49. The largest absolute Gasteiger partial charge is 0.493 e. The summed E-state index contributed by atoms with van der Waals surface area (Å²) >= 11 is 0. The van der Waals surface area contributed by atoms with Gasteiger partial charge in [-0.05, 0) is 35.9 Å². The van der Waals surface area contributed by atoms with Crippen molar-refractivity contribution in [2.75, 3.05) is 13.7 Å². The molecule has 3 rings (SSSR count). The van der Waals surface area contributed by atoms with Crippen molar-refractivity contribution >= 4 is 0 Å². The van der Waals surface area contributed by atoms with E-state index in [0.717, 1.165) is 18.8 Å². The number of rotatable bonds is 1. The van der Waals surface area contributed by atoms with E-state index in [1.165, 1.54) is 23.7 Å². The molecule has 2 heteroatoms. The Kier molecular flexibility index (Phi) is 3.78. The van der Waals surface area contributed by atoms with Gasteiger partial charge in [0, 0.05) is 6.42 Å². The van der Waals surface area contributed by atoms with Crippen molar-refractivity contribution in [3.8, 4) is 16.9 Å². The number of benzene rings is 2. The fourth-order valence-electron chi connectivity index (χ4n) is 2.00. The average molecular weight is 227 g/mol. The third-order valence-electron chi connectivity index (χ3n) is 2.80. The molecule has 1 aliphatic rings. The Morgan fingerprint density at radius 2 is 1.71 bits per heavy atom. The molecule has 0 saturated heterocycles. The Morgan fingerprint density at radius 3 is 2.47 bits per heavy atom. The van der Waals surface area contributed by atoms with Crippen molar-refractivity contribution in [3.63, 3.8) is 0 Å².